The van der Waals surface area contributed by atoms with Gasteiger partial charge in [0.25, 0.3) is 0 Å². The molecule has 1 heterocycles. The van der Waals surface area contributed by atoms with Crippen molar-refractivity contribution >= 4 is 0 Å². The highest BCUT2D eigenvalue weighted by Gasteiger charge is 2.17. The summed E-state index contributed by atoms with van der Waals surface area (Å²) in [5.41, 5.74) is 2.95. The van der Waals surface area contributed by atoms with E-state index in [9.17, 15) is 0 Å². The standard InChI is InChI=1S/C12H17NO/c1-14-9-7-12-11-5-3-2-4-10(11)6-8-13-12/h2-5,12-13H,6-9H2,1H3. The quantitative estimate of drug-likeness (QED) is 0.788. The predicted molar refractivity (Wildman–Crippen MR) is 57.4 cm³/mol. The molecule has 1 aliphatic heterocycles. The van der Waals surface area contributed by atoms with Crippen LogP contribution in [0.25, 0.3) is 0 Å². The van der Waals surface area contributed by atoms with Crippen LogP contribution in [-0.2, 0) is 11.2 Å². The molecule has 0 aromatic heterocycles. The highest BCUT2D eigenvalue weighted by Crippen LogP contribution is 2.24. The summed E-state index contributed by atoms with van der Waals surface area (Å²) in [6, 6.07) is 9.18. The monoisotopic (exact) mass is 191 g/mol. The maximum absolute atomic E-state index is 5.12. The maximum Gasteiger partial charge on any atom is 0.0480 e. The van der Waals surface area contributed by atoms with Gasteiger partial charge in [0.15, 0.2) is 0 Å². The third kappa shape index (κ3) is 1.97. The summed E-state index contributed by atoms with van der Waals surface area (Å²) in [5, 5.41) is 3.53. The first-order valence-corrected chi connectivity index (χ1v) is 5.22. The molecule has 1 aromatic rings. The summed E-state index contributed by atoms with van der Waals surface area (Å²) in [7, 11) is 1.76. The minimum absolute atomic E-state index is 0.486. The molecular weight excluding hydrogens is 174 g/mol. The van der Waals surface area contributed by atoms with E-state index in [0.717, 1.165) is 26.0 Å². The average molecular weight is 191 g/mol. The summed E-state index contributed by atoms with van der Waals surface area (Å²) in [5.74, 6) is 0. The van der Waals surface area contributed by atoms with Gasteiger partial charge >= 0.3 is 0 Å². The fraction of sp³-hybridized carbons (Fsp3) is 0.500. The third-order valence-electron chi connectivity index (χ3n) is 2.83. The van der Waals surface area contributed by atoms with Crippen LogP contribution in [-0.4, -0.2) is 20.3 Å². The molecule has 1 unspecified atom stereocenters. The van der Waals surface area contributed by atoms with Crippen LogP contribution in [0.3, 0.4) is 0 Å². The summed E-state index contributed by atoms with van der Waals surface area (Å²) in [6.45, 7) is 1.91. The topological polar surface area (TPSA) is 21.3 Å². The largest absolute Gasteiger partial charge is 0.385 e. The normalized spacial score (nSPS) is 20.5. The van der Waals surface area contributed by atoms with Crippen molar-refractivity contribution in [2.75, 3.05) is 20.3 Å². The highest BCUT2D eigenvalue weighted by atomic mass is 16.5. The van der Waals surface area contributed by atoms with E-state index in [2.05, 4.69) is 29.6 Å². The number of hydrogen-bond acceptors (Lipinski definition) is 2. The fourth-order valence-electron chi connectivity index (χ4n) is 2.09. The zero-order valence-electron chi connectivity index (χ0n) is 8.62. The molecule has 0 fully saturated rings. The number of ether oxygens (including phenoxy) is 1. The van der Waals surface area contributed by atoms with E-state index >= 15 is 0 Å². The number of methoxy groups -OCH3 is 1. The molecule has 1 aliphatic rings. The van der Waals surface area contributed by atoms with Gasteiger partial charge in [-0.15, -0.1) is 0 Å². The SMILES string of the molecule is COCCC1NCCc2ccccc21. The second-order valence-electron chi connectivity index (χ2n) is 3.74. The molecule has 2 rings (SSSR count). The summed E-state index contributed by atoms with van der Waals surface area (Å²) in [6.07, 6.45) is 2.22. The van der Waals surface area contributed by atoms with Crippen molar-refractivity contribution in [1.82, 2.24) is 5.32 Å². The molecular formula is C12H17NO. The molecule has 76 valence electrons. The Morgan fingerprint density at radius 1 is 1.43 bits per heavy atom. The van der Waals surface area contributed by atoms with Gasteiger partial charge in [-0.2, -0.15) is 0 Å². The number of benzene rings is 1. The van der Waals surface area contributed by atoms with Crippen LogP contribution in [0.5, 0.6) is 0 Å². The lowest BCUT2D eigenvalue weighted by Crippen LogP contribution is -2.30. The Kier molecular flexibility index (Phi) is 3.17. The first-order chi connectivity index (χ1) is 6.92. The van der Waals surface area contributed by atoms with Crippen molar-refractivity contribution in [3.05, 3.63) is 35.4 Å². The van der Waals surface area contributed by atoms with Crippen LogP contribution in [0, 0.1) is 0 Å². The van der Waals surface area contributed by atoms with Crippen LogP contribution in [0.2, 0.25) is 0 Å². The molecule has 1 N–H and O–H groups in total. The van der Waals surface area contributed by atoms with Gasteiger partial charge in [0.05, 0.1) is 0 Å². The Morgan fingerprint density at radius 2 is 2.29 bits per heavy atom. The zero-order valence-corrected chi connectivity index (χ0v) is 8.62. The summed E-state index contributed by atoms with van der Waals surface area (Å²) < 4.78 is 5.12. The van der Waals surface area contributed by atoms with Crippen molar-refractivity contribution in [3.8, 4) is 0 Å². The smallest absolute Gasteiger partial charge is 0.0480 e. The first kappa shape index (κ1) is 9.69. The van der Waals surface area contributed by atoms with Crippen molar-refractivity contribution in [2.24, 2.45) is 0 Å². The van der Waals surface area contributed by atoms with Crippen LogP contribution in [0.1, 0.15) is 23.6 Å². The van der Waals surface area contributed by atoms with Crippen LogP contribution < -0.4 is 5.32 Å². The van der Waals surface area contributed by atoms with Crippen molar-refractivity contribution in [1.29, 1.82) is 0 Å². The Morgan fingerprint density at radius 3 is 3.14 bits per heavy atom. The van der Waals surface area contributed by atoms with Gasteiger partial charge in [0, 0.05) is 19.8 Å². The Bertz CT molecular complexity index is 298. The van der Waals surface area contributed by atoms with Crippen LogP contribution >= 0.6 is 0 Å². The summed E-state index contributed by atoms with van der Waals surface area (Å²) >= 11 is 0. The Balaban J connectivity index is 2.14. The van der Waals surface area contributed by atoms with E-state index < -0.39 is 0 Å². The molecule has 0 saturated heterocycles. The van der Waals surface area contributed by atoms with Crippen molar-refractivity contribution < 1.29 is 4.74 Å². The molecule has 0 aliphatic carbocycles. The second kappa shape index (κ2) is 4.58. The molecule has 0 radical (unpaired) electrons. The van der Waals surface area contributed by atoms with Gasteiger partial charge in [-0.3, -0.25) is 0 Å². The predicted octanol–water partition coefficient (Wildman–Crippen LogP) is 1.91. The van der Waals surface area contributed by atoms with E-state index in [1.54, 1.807) is 7.11 Å². The minimum atomic E-state index is 0.486. The molecule has 2 heteroatoms. The van der Waals surface area contributed by atoms with Gasteiger partial charge in [-0.25, -0.2) is 0 Å². The van der Waals surface area contributed by atoms with Gasteiger partial charge in [0.1, 0.15) is 0 Å². The lowest BCUT2D eigenvalue weighted by Gasteiger charge is -2.26. The number of fused-ring (bicyclic) bond motifs is 1. The molecule has 0 saturated carbocycles. The third-order valence-corrected chi connectivity index (χ3v) is 2.83. The second-order valence-corrected chi connectivity index (χ2v) is 3.74. The summed E-state index contributed by atoms with van der Waals surface area (Å²) in [4.78, 5) is 0. The van der Waals surface area contributed by atoms with E-state index in [1.165, 1.54) is 11.1 Å². The van der Waals surface area contributed by atoms with Crippen molar-refractivity contribution in [3.63, 3.8) is 0 Å². The van der Waals surface area contributed by atoms with Gasteiger partial charge in [0.2, 0.25) is 0 Å². The lowest BCUT2D eigenvalue weighted by molar-refractivity contribution is 0.182. The van der Waals surface area contributed by atoms with E-state index in [1.807, 2.05) is 0 Å². The number of hydrogen-bond donors (Lipinski definition) is 1. The fourth-order valence-corrected chi connectivity index (χ4v) is 2.09. The van der Waals surface area contributed by atoms with E-state index in [-0.39, 0.29) is 0 Å². The minimum Gasteiger partial charge on any atom is -0.385 e. The molecule has 1 aromatic carbocycles. The number of nitrogens with one attached hydrogen (secondary N) is 1. The van der Waals surface area contributed by atoms with Gasteiger partial charge in [-0.1, -0.05) is 24.3 Å². The highest BCUT2D eigenvalue weighted by molar-refractivity contribution is 5.32. The van der Waals surface area contributed by atoms with Crippen molar-refractivity contribution in [2.45, 2.75) is 18.9 Å². The Hall–Kier alpha value is -0.860. The molecule has 0 bridgehead atoms. The first-order valence-electron chi connectivity index (χ1n) is 5.22. The van der Waals surface area contributed by atoms with Gasteiger partial charge in [-0.05, 0) is 30.5 Å². The maximum atomic E-state index is 5.12. The van der Waals surface area contributed by atoms with E-state index in [4.69, 9.17) is 4.74 Å². The molecule has 2 nitrogen and oxygen atoms in total. The van der Waals surface area contributed by atoms with E-state index in [0.29, 0.717) is 6.04 Å². The molecule has 14 heavy (non-hydrogen) atoms. The molecule has 0 amide bonds. The number of rotatable bonds is 3. The molecule has 1 atom stereocenters. The molecule has 0 spiro atoms. The van der Waals surface area contributed by atoms with Gasteiger partial charge < -0.3 is 10.1 Å². The van der Waals surface area contributed by atoms with Crippen LogP contribution in [0.4, 0.5) is 0 Å². The van der Waals surface area contributed by atoms with Crippen LogP contribution in [0.15, 0.2) is 24.3 Å². The zero-order chi connectivity index (χ0) is 9.80. The Labute approximate surface area is 85.3 Å². The average Bonchev–Trinajstić information content (AvgIpc) is 2.26. The lowest BCUT2D eigenvalue weighted by atomic mass is 9.93.